The molecule has 14 heavy (non-hydrogen) atoms. The molecule has 1 fully saturated rings. The van der Waals surface area contributed by atoms with E-state index in [9.17, 15) is 4.79 Å². The van der Waals surface area contributed by atoms with Gasteiger partial charge in [-0.05, 0) is 25.2 Å². The van der Waals surface area contributed by atoms with Crippen molar-refractivity contribution in [2.75, 3.05) is 6.61 Å². The smallest absolute Gasteiger partial charge is 0.322 e. The van der Waals surface area contributed by atoms with Gasteiger partial charge in [0.1, 0.15) is 6.04 Å². The molecule has 0 spiro atoms. The Hall–Kier alpha value is -0.570. The van der Waals surface area contributed by atoms with E-state index in [1.807, 2.05) is 6.92 Å². The standard InChI is InChI=1S/C11H21NO2/c1-2-10(12)11(13)14-8-9-6-4-3-5-7-9/h9-10H,2-8,12H2,1H3/t10-/m1/s1. The number of rotatable bonds is 4. The molecule has 0 aromatic rings. The Labute approximate surface area is 86.0 Å². The fourth-order valence-electron chi connectivity index (χ4n) is 1.83. The summed E-state index contributed by atoms with van der Waals surface area (Å²) >= 11 is 0. The predicted molar refractivity (Wildman–Crippen MR) is 55.8 cm³/mol. The molecule has 1 aliphatic rings. The van der Waals surface area contributed by atoms with E-state index in [2.05, 4.69) is 0 Å². The Morgan fingerprint density at radius 1 is 1.43 bits per heavy atom. The molecule has 0 amide bonds. The first-order chi connectivity index (χ1) is 6.74. The SMILES string of the molecule is CC[C@@H](N)C(=O)OCC1CCCCC1. The average Bonchev–Trinajstić information content (AvgIpc) is 2.26. The Morgan fingerprint density at radius 3 is 2.64 bits per heavy atom. The topological polar surface area (TPSA) is 52.3 Å². The van der Waals surface area contributed by atoms with Crippen molar-refractivity contribution in [2.45, 2.75) is 51.5 Å². The number of esters is 1. The molecule has 0 heterocycles. The van der Waals surface area contributed by atoms with Crippen LogP contribution in [0.2, 0.25) is 0 Å². The summed E-state index contributed by atoms with van der Waals surface area (Å²) in [5.74, 6) is 0.342. The highest BCUT2D eigenvalue weighted by Crippen LogP contribution is 2.23. The van der Waals surface area contributed by atoms with E-state index in [4.69, 9.17) is 10.5 Å². The summed E-state index contributed by atoms with van der Waals surface area (Å²) < 4.78 is 5.17. The number of nitrogens with two attached hydrogens (primary N) is 1. The van der Waals surface area contributed by atoms with Crippen molar-refractivity contribution >= 4 is 5.97 Å². The van der Waals surface area contributed by atoms with Crippen LogP contribution in [0.25, 0.3) is 0 Å². The van der Waals surface area contributed by atoms with Gasteiger partial charge in [-0.25, -0.2) is 0 Å². The number of hydrogen-bond acceptors (Lipinski definition) is 3. The van der Waals surface area contributed by atoms with Gasteiger partial charge in [0, 0.05) is 0 Å². The molecule has 1 aliphatic carbocycles. The zero-order valence-electron chi connectivity index (χ0n) is 9.00. The molecule has 1 rings (SSSR count). The average molecular weight is 199 g/mol. The molecule has 0 bridgehead atoms. The van der Waals surface area contributed by atoms with Crippen molar-refractivity contribution in [3.63, 3.8) is 0 Å². The normalized spacial score (nSPS) is 20.4. The molecule has 0 saturated heterocycles. The quantitative estimate of drug-likeness (QED) is 0.703. The molecular formula is C11H21NO2. The van der Waals surface area contributed by atoms with E-state index in [0.29, 0.717) is 18.9 Å². The minimum atomic E-state index is -0.432. The van der Waals surface area contributed by atoms with Gasteiger partial charge >= 0.3 is 5.97 Å². The number of hydrogen-bond donors (Lipinski definition) is 1. The second kappa shape index (κ2) is 6.02. The summed E-state index contributed by atoms with van der Waals surface area (Å²) in [6, 6.07) is -0.432. The summed E-state index contributed by atoms with van der Waals surface area (Å²) in [5, 5.41) is 0. The Bertz CT molecular complexity index is 176. The highest BCUT2D eigenvalue weighted by atomic mass is 16.5. The molecular weight excluding hydrogens is 178 g/mol. The zero-order valence-corrected chi connectivity index (χ0v) is 9.00. The first-order valence-corrected chi connectivity index (χ1v) is 5.66. The van der Waals surface area contributed by atoms with Gasteiger partial charge in [0.05, 0.1) is 6.61 Å². The largest absolute Gasteiger partial charge is 0.464 e. The summed E-state index contributed by atoms with van der Waals surface area (Å²) in [6.45, 7) is 2.47. The zero-order chi connectivity index (χ0) is 10.4. The molecule has 0 radical (unpaired) electrons. The van der Waals surface area contributed by atoms with E-state index in [-0.39, 0.29) is 5.97 Å². The highest BCUT2D eigenvalue weighted by Gasteiger charge is 2.17. The predicted octanol–water partition coefficient (Wildman–Crippen LogP) is 1.85. The monoisotopic (exact) mass is 199 g/mol. The van der Waals surface area contributed by atoms with Gasteiger partial charge < -0.3 is 10.5 Å². The molecule has 1 atom stereocenters. The van der Waals surface area contributed by atoms with Crippen molar-refractivity contribution in [1.82, 2.24) is 0 Å². The van der Waals surface area contributed by atoms with Gasteiger partial charge in [-0.2, -0.15) is 0 Å². The van der Waals surface area contributed by atoms with E-state index in [1.54, 1.807) is 0 Å². The van der Waals surface area contributed by atoms with Crippen LogP contribution in [0.15, 0.2) is 0 Å². The lowest BCUT2D eigenvalue weighted by molar-refractivity contribution is -0.147. The molecule has 0 aliphatic heterocycles. The Balaban J connectivity index is 2.15. The second-order valence-electron chi connectivity index (χ2n) is 4.15. The first kappa shape index (κ1) is 11.5. The van der Waals surface area contributed by atoms with Gasteiger partial charge in [-0.3, -0.25) is 4.79 Å². The van der Waals surface area contributed by atoms with Crippen LogP contribution in [0.5, 0.6) is 0 Å². The summed E-state index contributed by atoms with van der Waals surface area (Å²) in [5.41, 5.74) is 5.56. The van der Waals surface area contributed by atoms with E-state index < -0.39 is 6.04 Å². The van der Waals surface area contributed by atoms with E-state index >= 15 is 0 Å². The van der Waals surface area contributed by atoms with Crippen LogP contribution >= 0.6 is 0 Å². The van der Waals surface area contributed by atoms with Crippen molar-refractivity contribution < 1.29 is 9.53 Å². The van der Waals surface area contributed by atoms with Gasteiger partial charge in [0.25, 0.3) is 0 Å². The molecule has 0 unspecified atom stereocenters. The van der Waals surface area contributed by atoms with Crippen molar-refractivity contribution in [3.8, 4) is 0 Å². The minimum Gasteiger partial charge on any atom is -0.464 e. The lowest BCUT2D eigenvalue weighted by Crippen LogP contribution is -2.32. The number of carbonyl (C=O) groups excluding carboxylic acids is 1. The maximum atomic E-state index is 11.3. The summed E-state index contributed by atoms with van der Waals surface area (Å²) in [4.78, 5) is 11.3. The van der Waals surface area contributed by atoms with Crippen LogP contribution < -0.4 is 5.73 Å². The van der Waals surface area contributed by atoms with Gasteiger partial charge in [0.15, 0.2) is 0 Å². The maximum Gasteiger partial charge on any atom is 0.322 e. The fraction of sp³-hybridized carbons (Fsp3) is 0.909. The van der Waals surface area contributed by atoms with Crippen LogP contribution in [0, 0.1) is 5.92 Å². The molecule has 0 aromatic heterocycles. The molecule has 3 nitrogen and oxygen atoms in total. The van der Waals surface area contributed by atoms with Crippen molar-refractivity contribution in [1.29, 1.82) is 0 Å². The van der Waals surface area contributed by atoms with Crippen molar-refractivity contribution in [2.24, 2.45) is 11.7 Å². The van der Waals surface area contributed by atoms with Crippen LogP contribution in [-0.2, 0) is 9.53 Å². The van der Waals surface area contributed by atoms with Gasteiger partial charge in [-0.15, -0.1) is 0 Å². The molecule has 82 valence electrons. The number of carbonyl (C=O) groups is 1. The minimum absolute atomic E-state index is 0.238. The third-order valence-corrected chi connectivity index (χ3v) is 2.93. The maximum absolute atomic E-state index is 11.3. The van der Waals surface area contributed by atoms with Crippen LogP contribution in [0.1, 0.15) is 45.4 Å². The van der Waals surface area contributed by atoms with Crippen LogP contribution in [0.3, 0.4) is 0 Å². The van der Waals surface area contributed by atoms with Crippen LogP contribution in [0.4, 0.5) is 0 Å². The lowest BCUT2D eigenvalue weighted by atomic mass is 9.90. The first-order valence-electron chi connectivity index (χ1n) is 5.66. The lowest BCUT2D eigenvalue weighted by Gasteiger charge is -2.21. The molecule has 3 heteroatoms. The third-order valence-electron chi connectivity index (χ3n) is 2.93. The van der Waals surface area contributed by atoms with E-state index in [1.165, 1.54) is 32.1 Å². The fourth-order valence-corrected chi connectivity index (χ4v) is 1.83. The third kappa shape index (κ3) is 3.66. The van der Waals surface area contributed by atoms with Crippen molar-refractivity contribution in [3.05, 3.63) is 0 Å². The second-order valence-corrected chi connectivity index (χ2v) is 4.15. The van der Waals surface area contributed by atoms with Crippen LogP contribution in [-0.4, -0.2) is 18.6 Å². The number of ether oxygens (including phenoxy) is 1. The Morgan fingerprint density at radius 2 is 2.07 bits per heavy atom. The highest BCUT2D eigenvalue weighted by molar-refractivity contribution is 5.75. The van der Waals surface area contributed by atoms with Gasteiger partial charge in [-0.1, -0.05) is 26.2 Å². The summed E-state index contributed by atoms with van der Waals surface area (Å²) in [6.07, 6.45) is 6.95. The molecule has 1 saturated carbocycles. The van der Waals surface area contributed by atoms with E-state index in [0.717, 1.165) is 0 Å². The van der Waals surface area contributed by atoms with Gasteiger partial charge in [0.2, 0.25) is 0 Å². The Kier molecular flexibility index (Phi) is 4.94. The summed E-state index contributed by atoms with van der Waals surface area (Å²) in [7, 11) is 0. The molecule has 2 N–H and O–H groups in total. The molecule has 0 aromatic carbocycles.